The molecule has 0 aromatic heterocycles. The lowest BCUT2D eigenvalue weighted by Crippen LogP contribution is -2.64. The molecule has 24 heavy (non-hydrogen) atoms. The van der Waals surface area contributed by atoms with Crippen LogP contribution in [0, 0.1) is 5.92 Å². The molecule has 1 fully saturated rings. The van der Waals surface area contributed by atoms with E-state index in [-0.39, 0.29) is 30.1 Å². The third kappa shape index (κ3) is 5.81. The Morgan fingerprint density at radius 3 is 2.33 bits per heavy atom. The Hall–Kier alpha value is -1.02. The Kier molecular flexibility index (Phi) is 8.29. The van der Waals surface area contributed by atoms with Crippen LogP contribution in [0.15, 0.2) is 0 Å². The highest BCUT2D eigenvalue weighted by Crippen LogP contribution is 2.26. The molecule has 0 aromatic carbocycles. The van der Waals surface area contributed by atoms with Gasteiger partial charge >= 0.3 is 0 Å². The fourth-order valence-corrected chi connectivity index (χ4v) is 2.89. The molecule has 0 bridgehead atoms. The minimum atomic E-state index is -1.30. The molecule has 0 spiro atoms. The normalized spacial score (nSPS) is 31.8. The van der Waals surface area contributed by atoms with Gasteiger partial charge in [0.15, 0.2) is 6.29 Å². The minimum absolute atomic E-state index is 0.00379. The summed E-state index contributed by atoms with van der Waals surface area (Å²) in [5.41, 5.74) is 0. The Morgan fingerprint density at radius 2 is 1.83 bits per heavy atom. The Labute approximate surface area is 143 Å². The summed E-state index contributed by atoms with van der Waals surface area (Å²) in [7, 11) is 0. The Morgan fingerprint density at radius 1 is 1.21 bits per heavy atom. The van der Waals surface area contributed by atoms with Crippen molar-refractivity contribution in [3.8, 4) is 0 Å². The number of amides is 1. The summed E-state index contributed by atoms with van der Waals surface area (Å²) >= 11 is 0. The van der Waals surface area contributed by atoms with Gasteiger partial charge in [-0.3, -0.25) is 9.59 Å². The first kappa shape index (κ1) is 21.0. The number of aliphatic hydroxyl groups is 2. The molecular weight excluding hydrogens is 314 g/mol. The van der Waals surface area contributed by atoms with Crippen LogP contribution in [-0.2, 0) is 19.1 Å². The summed E-state index contributed by atoms with van der Waals surface area (Å²) in [4.78, 5) is 23.8. The lowest BCUT2D eigenvalue weighted by molar-refractivity contribution is -0.284. The number of aliphatic hydroxyl groups excluding tert-OH is 2. The van der Waals surface area contributed by atoms with Crippen molar-refractivity contribution in [1.82, 2.24) is 5.32 Å². The number of ether oxygens (including phenoxy) is 2. The lowest BCUT2D eigenvalue weighted by atomic mass is 9.89. The average molecular weight is 345 g/mol. The Balaban J connectivity index is 2.90. The second-order valence-electron chi connectivity index (χ2n) is 6.80. The van der Waals surface area contributed by atoms with Gasteiger partial charge in [0.25, 0.3) is 0 Å². The van der Waals surface area contributed by atoms with Gasteiger partial charge < -0.3 is 25.0 Å². The largest absolute Gasteiger partial charge is 0.388 e. The first-order chi connectivity index (χ1) is 11.2. The van der Waals surface area contributed by atoms with Crippen molar-refractivity contribution >= 4 is 11.7 Å². The maximum atomic E-state index is 12.4. The van der Waals surface area contributed by atoms with Crippen molar-refractivity contribution in [2.24, 2.45) is 5.92 Å². The molecular formula is C17H31NO6. The molecule has 1 aliphatic rings. The number of hydrogen-bond acceptors (Lipinski definition) is 6. The molecule has 6 unspecified atom stereocenters. The smallest absolute Gasteiger partial charge is 0.217 e. The van der Waals surface area contributed by atoms with Crippen LogP contribution in [0.3, 0.4) is 0 Å². The van der Waals surface area contributed by atoms with E-state index in [1.165, 1.54) is 6.92 Å². The van der Waals surface area contributed by atoms with Gasteiger partial charge in [0.1, 0.15) is 18.0 Å². The SMILES string of the molecule is CCCC(C)C(=O)CC1OC(OC(C)C)C(O)C(O)C1NC(C)=O. The van der Waals surface area contributed by atoms with Crippen molar-refractivity contribution < 1.29 is 29.3 Å². The molecule has 6 atom stereocenters. The summed E-state index contributed by atoms with van der Waals surface area (Å²) in [5.74, 6) is -0.480. The van der Waals surface area contributed by atoms with E-state index >= 15 is 0 Å². The zero-order chi connectivity index (χ0) is 18.4. The van der Waals surface area contributed by atoms with Crippen molar-refractivity contribution in [3.63, 3.8) is 0 Å². The average Bonchev–Trinajstić information content (AvgIpc) is 2.48. The van der Waals surface area contributed by atoms with Gasteiger partial charge in [0.2, 0.25) is 5.91 Å². The van der Waals surface area contributed by atoms with E-state index in [9.17, 15) is 19.8 Å². The predicted molar refractivity (Wildman–Crippen MR) is 88.2 cm³/mol. The molecule has 0 saturated carbocycles. The van der Waals surface area contributed by atoms with Gasteiger partial charge in [0, 0.05) is 19.3 Å². The minimum Gasteiger partial charge on any atom is -0.388 e. The summed E-state index contributed by atoms with van der Waals surface area (Å²) in [6.07, 6.45) is -2.86. The number of carbonyl (C=O) groups excluding carboxylic acids is 2. The molecule has 1 aliphatic heterocycles. The molecule has 1 heterocycles. The van der Waals surface area contributed by atoms with Crippen molar-refractivity contribution in [2.75, 3.05) is 0 Å². The molecule has 3 N–H and O–H groups in total. The number of ketones is 1. The predicted octanol–water partition coefficient (Wildman–Crippen LogP) is 0.758. The highest BCUT2D eigenvalue weighted by Gasteiger charge is 2.46. The van der Waals surface area contributed by atoms with Crippen LogP contribution in [0.5, 0.6) is 0 Å². The van der Waals surface area contributed by atoms with Gasteiger partial charge in [-0.2, -0.15) is 0 Å². The van der Waals surface area contributed by atoms with E-state index in [0.717, 1.165) is 12.8 Å². The fourth-order valence-electron chi connectivity index (χ4n) is 2.89. The third-order valence-corrected chi connectivity index (χ3v) is 4.16. The van der Waals surface area contributed by atoms with Gasteiger partial charge in [-0.15, -0.1) is 0 Å². The second-order valence-corrected chi connectivity index (χ2v) is 6.80. The maximum Gasteiger partial charge on any atom is 0.217 e. The van der Waals surface area contributed by atoms with Crippen LogP contribution < -0.4 is 5.32 Å². The molecule has 7 heteroatoms. The fraction of sp³-hybridized carbons (Fsp3) is 0.882. The first-order valence-corrected chi connectivity index (χ1v) is 8.64. The molecule has 7 nitrogen and oxygen atoms in total. The van der Waals surface area contributed by atoms with Gasteiger partial charge in [-0.25, -0.2) is 0 Å². The molecule has 140 valence electrons. The number of nitrogens with one attached hydrogen (secondary N) is 1. The molecule has 1 saturated heterocycles. The standard InChI is InChI=1S/C17H31NO6/c1-6-7-10(4)12(20)8-13-14(18-11(5)19)15(21)16(22)17(24-13)23-9(2)3/h9-10,13-17,21-22H,6-8H2,1-5H3,(H,18,19). The molecule has 0 radical (unpaired) electrons. The van der Waals surface area contributed by atoms with E-state index in [1.807, 2.05) is 13.8 Å². The van der Waals surface area contributed by atoms with E-state index in [2.05, 4.69) is 5.32 Å². The summed E-state index contributed by atoms with van der Waals surface area (Å²) in [6.45, 7) is 8.75. The van der Waals surface area contributed by atoms with Crippen LogP contribution in [0.2, 0.25) is 0 Å². The summed E-state index contributed by atoms with van der Waals surface area (Å²) < 4.78 is 11.2. The molecule has 0 aromatic rings. The topological polar surface area (TPSA) is 105 Å². The monoisotopic (exact) mass is 345 g/mol. The quantitative estimate of drug-likeness (QED) is 0.600. The van der Waals surface area contributed by atoms with Gasteiger partial charge in [-0.1, -0.05) is 20.3 Å². The van der Waals surface area contributed by atoms with Crippen LogP contribution in [0.25, 0.3) is 0 Å². The number of rotatable bonds is 8. The van der Waals surface area contributed by atoms with E-state index in [4.69, 9.17) is 9.47 Å². The Bertz CT molecular complexity index is 427. The first-order valence-electron chi connectivity index (χ1n) is 8.64. The highest BCUT2D eigenvalue weighted by molar-refractivity contribution is 5.81. The van der Waals surface area contributed by atoms with E-state index in [0.29, 0.717) is 0 Å². The van der Waals surface area contributed by atoms with Gasteiger partial charge in [0.05, 0.1) is 18.2 Å². The van der Waals surface area contributed by atoms with Crippen LogP contribution >= 0.6 is 0 Å². The summed E-state index contributed by atoms with van der Waals surface area (Å²) in [5, 5.41) is 23.1. The number of Topliss-reactive ketones (excluding diaryl/α,β-unsaturated/α-hetero) is 1. The van der Waals surface area contributed by atoms with Gasteiger partial charge in [-0.05, 0) is 20.3 Å². The van der Waals surface area contributed by atoms with Crippen LogP contribution in [0.4, 0.5) is 0 Å². The highest BCUT2D eigenvalue weighted by atomic mass is 16.7. The second kappa shape index (κ2) is 9.46. The van der Waals surface area contributed by atoms with E-state index in [1.54, 1.807) is 13.8 Å². The van der Waals surface area contributed by atoms with E-state index < -0.39 is 30.6 Å². The zero-order valence-corrected chi connectivity index (χ0v) is 15.2. The van der Waals surface area contributed by atoms with Crippen LogP contribution in [-0.4, -0.2) is 58.7 Å². The number of carbonyl (C=O) groups is 2. The van der Waals surface area contributed by atoms with Crippen molar-refractivity contribution in [3.05, 3.63) is 0 Å². The lowest BCUT2D eigenvalue weighted by Gasteiger charge is -2.43. The van der Waals surface area contributed by atoms with Crippen LogP contribution in [0.1, 0.15) is 53.9 Å². The molecule has 0 aliphatic carbocycles. The zero-order valence-electron chi connectivity index (χ0n) is 15.2. The maximum absolute atomic E-state index is 12.4. The molecule has 1 rings (SSSR count). The van der Waals surface area contributed by atoms with Crippen molar-refractivity contribution in [2.45, 2.75) is 90.6 Å². The third-order valence-electron chi connectivity index (χ3n) is 4.16. The molecule has 1 amide bonds. The van der Waals surface area contributed by atoms with Crippen molar-refractivity contribution in [1.29, 1.82) is 0 Å². The summed E-state index contributed by atoms with van der Waals surface area (Å²) in [6, 6.07) is -0.859. The number of hydrogen-bond donors (Lipinski definition) is 3.